The van der Waals surface area contributed by atoms with Gasteiger partial charge in [-0.15, -0.1) is 0 Å². The monoisotopic (exact) mass is 334 g/mol. The second kappa shape index (κ2) is 6.36. The second-order valence-corrected chi connectivity index (χ2v) is 6.83. The molecule has 0 bridgehead atoms. The number of carbonyl (C=O) groups excluding carboxylic acids is 1. The van der Waals surface area contributed by atoms with Crippen LogP contribution in [0.3, 0.4) is 0 Å². The van der Waals surface area contributed by atoms with E-state index in [1.807, 2.05) is 61.2 Å². The molecule has 128 valence electrons. The van der Waals surface area contributed by atoms with Gasteiger partial charge in [0.05, 0.1) is 0 Å². The van der Waals surface area contributed by atoms with Gasteiger partial charge in [0, 0.05) is 24.6 Å². The summed E-state index contributed by atoms with van der Waals surface area (Å²) in [6.07, 6.45) is 1.78. The van der Waals surface area contributed by atoms with Crippen molar-refractivity contribution < 1.29 is 9.21 Å². The molecule has 0 atom stereocenters. The molecule has 4 nitrogen and oxygen atoms in total. The maximum atomic E-state index is 12.8. The number of fused-ring (bicyclic) bond motifs is 1. The third-order valence-electron chi connectivity index (χ3n) is 5.28. The molecule has 0 aliphatic carbocycles. The van der Waals surface area contributed by atoms with E-state index in [9.17, 15) is 4.79 Å². The van der Waals surface area contributed by atoms with Gasteiger partial charge in [0.25, 0.3) is 5.91 Å². The molecule has 1 fully saturated rings. The number of hydrogen-bond acceptors (Lipinski definition) is 3. The van der Waals surface area contributed by atoms with E-state index in [2.05, 4.69) is 4.98 Å². The minimum atomic E-state index is 0.136. The number of piperidine rings is 1. The van der Waals surface area contributed by atoms with Gasteiger partial charge in [0.2, 0.25) is 0 Å². The van der Waals surface area contributed by atoms with Crippen LogP contribution in [-0.2, 0) is 0 Å². The lowest BCUT2D eigenvalue weighted by Gasteiger charge is -2.31. The molecule has 2 aromatic carbocycles. The van der Waals surface area contributed by atoms with Crippen LogP contribution in [0.1, 0.15) is 46.1 Å². The van der Waals surface area contributed by atoms with Gasteiger partial charge in [-0.2, -0.15) is 0 Å². The van der Waals surface area contributed by atoms with Crippen molar-refractivity contribution in [2.75, 3.05) is 13.1 Å². The van der Waals surface area contributed by atoms with Crippen LogP contribution in [0.5, 0.6) is 0 Å². The summed E-state index contributed by atoms with van der Waals surface area (Å²) in [5, 5.41) is 0. The normalized spacial score (nSPS) is 15.7. The van der Waals surface area contributed by atoms with E-state index in [4.69, 9.17) is 4.42 Å². The Labute approximate surface area is 147 Å². The summed E-state index contributed by atoms with van der Waals surface area (Å²) in [5.74, 6) is 1.23. The van der Waals surface area contributed by atoms with Crippen LogP contribution in [0.4, 0.5) is 0 Å². The van der Waals surface area contributed by atoms with E-state index in [1.54, 1.807) is 0 Å². The van der Waals surface area contributed by atoms with Gasteiger partial charge in [-0.05, 0) is 56.0 Å². The molecule has 25 heavy (non-hydrogen) atoms. The number of rotatable bonds is 2. The average molecular weight is 334 g/mol. The molecule has 4 rings (SSSR count). The van der Waals surface area contributed by atoms with Crippen molar-refractivity contribution in [2.45, 2.75) is 32.6 Å². The molecule has 0 radical (unpaired) electrons. The molecule has 0 unspecified atom stereocenters. The maximum absolute atomic E-state index is 12.8. The molecule has 0 spiro atoms. The Hall–Kier alpha value is -2.62. The average Bonchev–Trinajstić information content (AvgIpc) is 3.08. The van der Waals surface area contributed by atoms with E-state index in [-0.39, 0.29) is 11.8 Å². The minimum absolute atomic E-state index is 0.136. The zero-order valence-corrected chi connectivity index (χ0v) is 14.7. The van der Waals surface area contributed by atoms with Crippen LogP contribution in [0.25, 0.3) is 11.1 Å². The Bertz CT molecular complexity index is 888. The number of benzene rings is 2. The van der Waals surface area contributed by atoms with Gasteiger partial charge in [-0.1, -0.05) is 24.3 Å². The first-order valence-corrected chi connectivity index (χ1v) is 8.84. The third-order valence-corrected chi connectivity index (χ3v) is 5.28. The number of para-hydroxylation sites is 2. The summed E-state index contributed by atoms with van der Waals surface area (Å²) in [4.78, 5) is 19.4. The highest BCUT2D eigenvalue weighted by Crippen LogP contribution is 2.30. The van der Waals surface area contributed by atoms with Gasteiger partial charge < -0.3 is 9.32 Å². The summed E-state index contributed by atoms with van der Waals surface area (Å²) >= 11 is 0. The van der Waals surface area contributed by atoms with Gasteiger partial charge >= 0.3 is 0 Å². The van der Waals surface area contributed by atoms with Gasteiger partial charge in [0.15, 0.2) is 11.5 Å². The molecule has 0 saturated carbocycles. The molecule has 1 aliphatic heterocycles. The maximum Gasteiger partial charge on any atom is 0.254 e. The van der Waals surface area contributed by atoms with E-state index in [1.165, 1.54) is 0 Å². The SMILES string of the molecule is Cc1cccc(C(=O)N2CCC(c3nc4ccccc4o3)CC2)c1C. The summed E-state index contributed by atoms with van der Waals surface area (Å²) < 4.78 is 5.91. The van der Waals surface area contributed by atoms with Crippen molar-refractivity contribution in [3.8, 4) is 0 Å². The zero-order valence-electron chi connectivity index (χ0n) is 14.7. The Morgan fingerprint density at radius 3 is 2.60 bits per heavy atom. The van der Waals surface area contributed by atoms with Crippen LogP contribution < -0.4 is 0 Å². The molecule has 1 saturated heterocycles. The second-order valence-electron chi connectivity index (χ2n) is 6.83. The summed E-state index contributed by atoms with van der Waals surface area (Å²) in [7, 11) is 0. The zero-order chi connectivity index (χ0) is 17.4. The first kappa shape index (κ1) is 15.9. The highest BCUT2D eigenvalue weighted by Gasteiger charge is 2.28. The molecule has 0 N–H and O–H groups in total. The van der Waals surface area contributed by atoms with Gasteiger partial charge in [-0.25, -0.2) is 4.98 Å². The highest BCUT2D eigenvalue weighted by atomic mass is 16.3. The van der Waals surface area contributed by atoms with Crippen molar-refractivity contribution in [3.63, 3.8) is 0 Å². The number of amides is 1. The predicted octanol–water partition coefficient (Wildman–Crippen LogP) is 4.46. The van der Waals surface area contributed by atoms with Crippen molar-refractivity contribution >= 4 is 17.0 Å². The number of aromatic nitrogens is 1. The molecule has 2 heterocycles. The number of oxazole rings is 1. The Balaban J connectivity index is 1.47. The fourth-order valence-corrected chi connectivity index (χ4v) is 3.55. The summed E-state index contributed by atoms with van der Waals surface area (Å²) in [6.45, 7) is 5.56. The van der Waals surface area contributed by atoms with Crippen molar-refractivity contribution in [1.82, 2.24) is 9.88 Å². The molecule has 1 aromatic heterocycles. The van der Waals surface area contributed by atoms with Crippen molar-refractivity contribution in [1.29, 1.82) is 0 Å². The summed E-state index contributed by atoms with van der Waals surface area (Å²) in [5.41, 5.74) is 4.80. The van der Waals surface area contributed by atoms with E-state index >= 15 is 0 Å². The molecular formula is C21H22N2O2. The lowest BCUT2D eigenvalue weighted by Crippen LogP contribution is -2.38. The Morgan fingerprint density at radius 1 is 1.08 bits per heavy atom. The topological polar surface area (TPSA) is 46.3 Å². The number of aryl methyl sites for hydroxylation is 1. The van der Waals surface area contributed by atoms with Crippen LogP contribution in [0.15, 0.2) is 46.9 Å². The van der Waals surface area contributed by atoms with Crippen LogP contribution in [-0.4, -0.2) is 28.9 Å². The van der Waals surface area contributed by atoms with E-state index < -0.39 is 0 Å². The Kier molecular flexibility index (Phi) is 4.04. The van der Waals surface area contributed by atoms with E-state index in [0.717, 1.165) is 59.6 Å². The van der Waals surface area contributed by atoms with Crippen LogP contribution in [0, 0.1) is 13.8 Å². The molecule has 4 heteroatoms. The number of hydrogen-bond donors (Lipinski definition) is 0. The van der Waals surface area contributed by atoms with Gasteiger partial charge in [-0.3, -0.25) is 4.79 Å². The molecule has 1 amide bonds. The molecular weight excluding hydrogens is 312 g/mol. The predicted molar refractivity (Wildman–Crippen MR) is 97.8 cm³/mol. The molecule has 1 aliphatic rings. The largest absolute Gasteiger partial charge is 0.440 e. The van der Waals surface area contributed by atoms with Crippen molar-refractivity contribution in [3.05, 3.63) is 65.0 Å². The summed E-state index contributed by atoms with van der Waals surface area (Å²) in [6, 6.07) is 13.8. The fraction of sp³-hybridized carbons (Fsp3) is 0.333. The highest BCUT2D eigenvalue weighted by molar-refractivity contribution is 5.96. The number of carbonyl (C=O) groups is 1. The Morgan fingerprint density at radius 2 is 1.84 bits per heavy atom. The quantitative estimate of drug-likeness (QED) is 0.695. The molecule has 3 aromatic rings. The third kappa shape index (κ3) is 2.93. The van der Waals surface area contributed by atoms with Gasteiger partial charge in [0.1, 0.15) is 5.52 Å². The van der Waals surface area contributed by atoms with Crippen LogP contribution in [0.2, 0.25) is 0 Å². The lowest BCUT2D eigenvalue weighted by atomic mass is 9.95. The van der Waals surface area contributed by atoms with Crippen LogP contribution >= 0.6 is 0 Å². The minimum Gasteiger partial charge on any atom is -0.440 e. The number of likely N-dealkylation sites (tertiary alicyclic amines) is 1. The number of nitrogens with zero attached hydrogens (tertiary/aromatic N) is 2. The lowest BCUT2D eigenvalue weighted by molar-refractivity contribution is 0.0706. The standard InChI is InChI=1S/C21H22N2O2/c1-14-6-5-7-17(15(14)2)21(24)23-12-10-16(11-13-23)20-22-18-8-3-4-9-19(18)25-20/h3-9,16H,10-13H2,1-2H3. The van der Waals surface area contributed by atoms with Crippen molar-refractivity contribution in [2.24, 2.45) is 0 Å². The first-order valence-electron chi connectivity index (χ1n) is 8.84. The van der Waals surface area contributed by atoms with E-state index in [0.29, 0.717) is 0 Å². The smallest absolute Gasteiger partial charge is 0.254 e. The first-order chi connectivity index (χ1) is 12.1. The fourth-order valence-electron chi connectivity index (χ4n) is 3.55.